The molecule has 0 aromatic heterocycles. The van der Waals surface area contributed by atoms with Gasteiger partial charge in [0.2, 0.25) is 0 Å². The predicted molar refractivity (Wildman–Crippen MR) is 100 cm³/mol. The minimum absolute atomic E-state index is 0.246. The van der Waals surface area contributed by atoms with Crippen molar-refractivity contribution in [2.24, 2.45) is 4.99 Å². The van der Waals surface area contributed by atoms with Crippen LogP contribution >= 0.6 is 0 Å². The van der Waals surface area contributed by atoms with E-state index in [1.807, 2.05) is 18.9 Å². The van der Waals surface area contributed by atoms with Gasteiger partial charge >= 0.3 is 0 Å². The highest BCUT2D eigenvalue weighted by Gasteiger charge is 2.32. The van der Waals surface area contributed by atoms with E-state index in [0.29, 0.717) is 38.7 Å². The fourth-order valence-electron chi connectivity index (χ4n) is 2.80. The molecule has 0 unspecified atom stereocenters. The Hall–Kier alpha value is -1.86. The fraction of sp³-hybridized carbons (Fsp3) is 0.632. The van der Waals surface area contributed by atoms with Crippen molar-refractivity contribution < 1.29 is 18.6 Å². The Kier molecular flexibility index (Phi) is 8.12. The maximum atomic E-state index is 12.9. The second-order valence-electron chi connectivity index (χ2n) is 6.39. The lowest BCUT2D eigenvalue weighted by Crippen LogP contribution is -2.45. The third kappa shape index (κ3) is 6.14. The molecule has 0 amide bonds. The topological polar surface area (TPSA) is 55.3 Å². The Bertz CT molecular complexity index is 560. The molecular weight excluding hydrogens is 337 g/mol. The molecule has 7 heteroatoms. The summed E-state index contributed by atoms with van der Waals surface area (Å²) in [5.74, 6) is 1.21. The lowest BCUT2D eigenvalue weighted by Gasteiger charge is -2.35. The Morgan fingerprint density at radius 2 is 2.00 bits per heavy atom. The lowest BCUT2D eigenvalue weighted by molar-refractivity contribution is -0.0829. The largest absolute Gasteiger partial charge is 0.492 e. The molecule has 0 bridgehead atoms. The van der Waals surface area contributed by atoms with E-state index < -0.39 is 0 Å². The Morgan fingerprint density at radius 3 is 2.62 bits per heavy atom. The number of aliphatic imine (C=N–C) groups is 1. The molecule has 1 aromatic carbocycles. The number of halogens is 1. The van der Waals surface area contributed by atoms with Crippen molar-refractivity contribution in [2.75, 3.05) is 53.6 Å². The molecule has 6 nitrogen and oxygen atoms in total. The zero-order valence-electron chi connectivity index (χ0n) is 16.0. The van der Waals surface area contributed by atoms with Crippen molar-refractivity contribution >= 4 is 5.96 Å². The molecule has 0 aliphatic carbocycles. The van der Waals surface area contributed by atoms with Crippen LogP contribution in [0.15, 0.2) is 29.3 Å². The average Bonchev–Trinajstić information content (AvgIpc) is 2.67. The van der Waals surface area contributed by atoms with E-state index >= 15 is 0 Å². The molecule has 0 radical (unpaired) electrons. The summed E-state index contributed by atoms with van der Waals surface area (Å²) in [5.41, 5.74) is -0.246. The summed E-state index contributed by atoms with van der Waals surface area (Å²) in [6.45, 7) is 5.98. The molecule has 26 heavy (non-hydrogen) atoms. The van der Waals surface area contributed by atoms with Gasteiger partial charge in [-0.2, -0.15) is 0 Å². The summed E-state index contributed by atoms with van der Waals surface area (Å²) in [6, 6.07) is 6.04. The third-order valence-electron chi connectivity index (χ3n) is 4.56. The highest BCUT2D eigenvalue weighted by Crippen LogP contribution is 2.24. The number of nitrogens with one attached hydrogen (secondary N) is 1. The van der Waals surface area contributed by atoms with Gasteiger partial charge in [-0.05, 0) is 31.2 Å². The van der Waals surface area contributed by atoms with E-state index in [0.717, 1.165) is 25.3 Å². The van der Waals surface area contributed by atoms with Gasteiger partial charge in [0.15, 0.2) is 5.96 Å². The third-order valence-corrected chi connectivity index (χ3v) is 4.56. The number of ether oxygens (including phenoxy) is 3. The summed E-state index contributed by atoms with van der Waals surface area (Å²) in [5, 5.41) is 3.30. The van der Waals surface area contributed by atoms with Gasteiger partial charge in [0.05, 0.1) is 18.7 Å². The Balaban J connectivity index is 1.88. The van der Waals surface area contributed by atoms with E-state index in [9.17, 15) is 4.39 Å². The van der Waals surface area contributed by atoms with Gasteiger partial charge in [0.1, 0.15) is 18.2 Å². The Morgan fingerprint density at radius 1 is 1.31 bits per heavy atom. The van der Waals surface area contributed by atoms with Crippen LogP contribution in [0.1, 0.15) is 19.8 Å². The molecule has 1 N–H and O–H groups in total. The quantitative estimate of drug-likeness (QED) is 0.564. The van der Waals surface area contributed by atoms with E-state index in [1.165, 1.54) is 12.1 Å². The summed E-state index contributed by atoms with van der Waals surface area (Å²) in [7, 11) is 3.72. The average molecular weight is 367 g/mol. The maximum absolute atomic E-state index is 12.9. The zero-order valence-corrected chi connectivity index (χ0v) is 16.0. The SMILES string of the molecule is CCNC(=NCC1(OC)CCOCC1)N(C)CCOc1ccc(F)cc1. The van der Waals surface area contributed by atoms with Gasteiger partial charge in [0.25, 0.3) is 0 Å². The van der Waals surface area contributed by atoms with Crippen molar-refractivity contribution in [3.05, 3.63) is 30.1 Å². The molecule has 0 spiro atoms. The van der Waals surface area contributed by atoms with Crippen LogP contribution in [0, 0.1) is 5.82 Å². The van der Waals surface area contributed by atoms with E-state index in [4.69, 9.17) is 19.2 Å². The van der Waals surface area contributed by atoms with Crippen LogP contribution in [0.5, 0.6) is 5.75 Å². The van der Waals surface area contributed by atoms with Gasteiger partial charge in [-0.1, -0.05) is 0 Å². The number of rotatable bonds is 8. The van der Waals surface area contributed by atoms with E-state index in [2.05, 4.69) is 5.32 Å². The van der Waals surface area contributed by atoms with Gasteiger partial charge in [0, 0.05) is 46.8 Å². The smallest absolute Gasteiger partial charge is 0.193 e. The highest BCUT2D eigenvalue weighted by molar-refractivity contribution is 5.79. The number of hydrogen-bond donors (Lipinski definition) is 1. The van der Waals surface area contributed by atoms with Crippen LogP contribution in [0.25, 0.3) is 0 Å². The van der Waals surface area contributed by atoms with Crippen molar-refractivity contribution in [3.63, 3.8) is 0 Å². The molecule has 1 aliphatic rings. The number of benzene rings is 1. The fourth-order valence-corrected chi connectivity index (χ4v) is 2.80. The zero-order chi connectivity index (χ0) is 18.8. The molecule has 1 fully saturated rings. The number of guanidine groups is 1. The van der Waals surface area contributed by atoms with E-state index in [-0.39, 0.29) is 11.4 Å². The van der Waals surface area contributed by atoms with Crippen LogP contribution in [0.2, 0.25) is 0 Å². The first-order chi connectivity index (χ1) is 12.6. The van der Waals surface area contributed by atoms with Gasteiger partial charge < -0.3 is 24.4 Å². The molecule has 1 saturated heterocycles. The second-order valence-corrected chi connectivity index (χ2v) is 6.39. The minimum Gasteiger partial charge on any atom is -0.492 e. The molecule has 1 aromatic rings. The van der Waals surface area contributed by atoms with Crippen LogP contribution in [-0.2, 0) is 9.47 Å². The molecule has 0 saturated carbocycles. The minimum atomic E-state index is -0.267. The van der Waals surface area contributed by atoms with E-state index in [1.54, 1.807) is 19.2 Å². The summed E-state index contributed by atoms with van der Waals surface area (Å²) in [6.07, 6.45) is 1.70. The lowest BCUT2D eigenvalue weighted by atomic mass is 9.94. The van der Waals surface area contributed by atoms with Crippen LogP contribution in [0.4, 0.5) is 4.39 Å². The van der Waals surface area contributed by atoms with Gasteiger partial charge in [-0.3, -0.25) is 4.99 Å². The first kappa shape index (κ1) is 20.5. The molecule has 1 heterocycles. The van der Waals surface area contributed by atoms with Crippen LogP contribution in [0.3, 0.4) is 0 Å². The summed E-state index contributed by atoms with van der Waals surface area (Å²) >= 11 is 0. The molecule has 146 valence electrons. The first-order valence-electron chi connectivity index (χ1n) is 9.09. The standard InChI is InChI=1S/C19H30FN3O3/c1-4-21-18(22-15-19(24-3)9-12-25-13-10-19)23(2)11-14-26-17-7-5-16(20)6-8-17/h5-8H,4,9-15H2,1-3H3,(H,21,22). The van der Waals surface area contributed by atoms with Gasteiger partial charge in [-0.25, -0.2) is 4.39 Å². The van der Waals surface area contributed by atoms with Crippen molar-refractivity contribution in [1.82, 2.24) is 10.2 Å². The van der Waals surface area contributed by atoms with Gasteiger partial charge in [-0.15, -0.1) is 0 Å². The van der Waals surface area contributed by atoms with Crippen molar-refractivity contribution in [2.45, 2.75) is 25.4 Å². The molecule has 0 atom stereocenters. The second kappa shape index (κ2) is 10.3. The molecule has 1 aliphatic heterocycles. The van der Waals surface area contributed by atoms with Crippen molar-refractivity contribution in [1.29, 1.82) is 0 Å². The number of likely N-dealkylation sites (N-methyl/N-ethyl adjacent to an activating group) is 1. The number of methoxy groups -OCH3 is 1. The van der Waals surface area contributed by atoms with Crippen molar-refractivity contribution in [3.8, 4) is 5.75 Å². The normalized spacial score (nSPS) is 17.0. The Labute approximate surface area is 155 Å². The van der Waals surface area contributed by atoms with Crippen LogP contribution in [-0.4, -0.2) is 70.1 Å². The molecular formula is C19H30FN3O3. The number of nitrogens with zero attached hydrogens (tertiary/aromatic N) is 2. The highest BCUT2D eigenvalue weighted by atomic mass is 19.1. The first-order valence-corrected chi connectivity index (χ1v) is 9.09. The predicted octanol–water partition coefficient (Wildman–Crippen LogP) is 2.30. The van der Waals surface area contributed by atoms with Crippen LogP contribution < -0.4 is 10.1 Å². The monoisotopic (exact) mass is 367 g/mol. The maximum Gasteiger partial charge on any atom is 0.193 e. The molecule has 2 rings (SSSR count). The summed E-state index contributed by atoms with van der Waals surface area (Å²) < 4.78 is 29.8. The summed E-state index contributed by atoms with van der Waals surface area (Å²) in [4.78, 5) is 6.79. The number of hydrogen-bond acceptors (Lipinski definition) is 4.